The van der Waals surface area contributed by atoms with Gasteiger partial charge in [-0.3, -0.25) is 19.7 Å². The zero-order chi connectivity index (χ0) is 25.2. The highest BCUT2D eigenvalue weighted by molar-refractivity contribution is 6.02. The molecule has 35 heavy (non-hydrogen) atoms. The monoisotopic (exact) mass is 477 g/mol. The summed E-state index contributed by atoms with van der Waals surface area (Å²) in [6, 6.07) is 19.2. The number of rotatable bonds is 10. The van der Waals surface area contributed by atoms with Gasteiger partial charge in [0.1, 0.15) is 11.4 Å². The predicted molar refractivity (Wildman–Crippen MR) is 128 cm³/mol. The first kappa shape index (κ1) is 24.9. The SMILES string of the molecule is COc1ccc(CCC(=O)Nc2ccccc2C(=O)OCC(=O)Nc2ccccc2[N+](=O)[O-])cc1. The quantitative estimate of drug-likeness (QED) is 0.256. The number of amides is 2. The van der Waals surface area contributed by atoms with E-state index in [2.05, 4.69) is 10.6 Å². The standard InChI is InChI=1S/C25H23N3O7/c1-34-18-13-10-17(11-14-18)12-15-23(29)26-20-7-3-2-6-19(20)25(31)35-16-24(30)27-21-8-4-5-9-22(21)28(32)33/h2-11,13-14H,12,15-16H2,1H3,(H,26,29)(H,27,30). The van der Waals surface area contributed by atoms with Gasteiger partial charge in [0.2, 0.25) is 5.91 Å². The molecule has 0 atom stereocenters. The molecule has 0 aliphatic rings. The van der Waals surface area contributed by atoms with Gasteiger partial charge in [-0.05, 0) is 42.3 Å². The molecule has 0 bridgehead atoms. The van der Waals surface area contributed by atoms with Crippen molar-refractivity contribution in [3.63, 3.8) is 0 Å². The van der Waals surface area contributed by atoms with Gasteiger partial charge in [0.05, 0.1) is 23.3 Å². The van der Waals surface area contributed by atoms with Crippen molar-refractivity contribution in [3.05, 3.63) is 94.0 Å². The zero-order valence-corrected chi connectivity index (χ0v) is 18.9. The van der Waals surface area contributed by atoms with Gasteiger partial charge in [0.25, 0.3) is 11.6 Å². The molecule has 3 rings (SSSR count). The smallest absolute Gasteiger partial charge is 0.340 e. The summed E-state index contributed by atoms with van der Waals surface area (Å²) in [7, 11) is 1.58. The Bertz CT molecular complexity index is 1230. The molecule has 10 nitrogen and oxygen atoms in total. The minimum Gasteiger partial charge on any atom is -0.497 e. The summed E-state index contributed by atoms with van der Waals surface area (Å²) >= 11 is 0. The maximum absolute atomic E-state index is 12.5. The summed E-state index contributed by atoms with van der Waals surface area (Å²) in [5, 5.41) is 16.1. The summed E-state index contributed by atoms with van der Waals surface area (Å²) in [5.41, 5.74) is 0.983. The number of nitro groups is 1. The Balaban J connectivity index is 1.55. The summed E-state index contributed by atoms with van der Waals surface area (Å²) < 4.78 is 10.2. The highest BCUT2D eigenvalue weighted by Gasteiger charge is 2.18. The Labute approximate surface area is 201 Å². The molecule has 2 amide bonds. The van der Waals surface area contributed by atoms with Crippen molar-refractivity contribution in [2.24, 2.45) is 0 Å². The normalized spacial score (nSPS) is 10.2. The van der Waals surface area contributed by atoms with E-state index in [9.17, 15) is 24.5 Å². The van der Waals surface area contributed by atoms with Crippen LogP contribution in [0, 0.1) is 10.1 Å². The van der Waals surface area contributed by atoms with Crippen LogP contribution in [0.15, 0.2) is 72.8 Å². The minimum absolute atomic E-state index is 0.0110. The maximum atomic E-state index is 12.5. The number of para-hydroxylation sites is 3. The highest BCUT2D eigenvalue weighted by Crippen LogP contribution is 2.23. The average Bonchev–Trinajstić information content (AvgIpc) is 2.87. The molecule has 0 saturated carbocycles. The molecule has 3 aromatic carbocycles. The first-order chi connectivity index (χ1) is 16.9. The van der Waals surface area contributed by atoms with Crippen molar-refractivity contribution in [2.75, 3.05) is 24.4 Å². The molecule has 0 heterocycles. The van der Waals surface area contributed by atoms with E-state index in [0.29, 0.717) is 6.42 Å². The Morgan fingerprint density at radius 1 is 0.857 bits per heavy atom. The topological polar surface area (TPSA) is 137 Å². The predicted octanol–water partition coefficient (Wildman–Crippen LogP) is 3.97. The molecule has 0 aliphatic carbocycles. The molecular weight excluding hydrogens is 454 g/mol. The molecule has 0 aliphatic heterocycles. The van der Waals surface area contributed by atoms with Crippen molar-refractivity contribution in [1.29, 1.82) is 0 Å². The first-order valence-electron chi connectivity index (χ1n) is 10.6. The fourth-order valence-corrected chi connectivity index (χ4v) is 3.17. The third kappa shape index (κ3) is 7.13. The Hall–Kier alpha value is -4.73. The van der Waals surface area contributed by atoms with Crippen LogP contribution in [0.2, 0.25) is 0 Å². The number of nitro benzene ring substituents is 1. The third-order valence-corrected chi connectivity index (χ3v) is 4.93. The Morgan fingerprint density at radius 3 is 2.17 bits per heavy atom. The van der Waals surface area contributed by atoms with Gasteiger partial charge >= 0.3 is 5.97 Å². The molecule has 0 aromatic heterocycles. The number of carbonyl (C=O) groups is 3. The van der Waals surface area contributed by atoms with E-state index >= 15 is 0 Å². The second kappa shape index (κ2) is 11.9. The number of aryl methyl sites for hydroxylation is 1. The number of ether oxygens (including phenoxy) is 2. The van der Waals surface area contributed by atoms with Gasteiger partial charge < -0.3 is 20.1 Å². The molecule has 0 fully saturated rings. The number of methoxy groups -OCH3 is 1. The third-order valence-electron chi connectivity index (χ3n) is 4.93. The molecule has 10 heteroatoms. The summed E-state index contributed by atoms with van der Waals surface area (Å²) in [6.07, 6.45) is 0.683. The van der Waals surface area contributed by atoms with Crippen molar-refractivity contribution < 1.29 is 28.8 Å². The van der Waals surface area contributed by atoms with E-state index < -0.39 is 23.4 Å². The van der Waals surface area contributed by atoms with Crippen molar-refractivity contribution in [2.45, 2.75) is 12.8 Å². The van der Waals surface area contributed by atoms with Crippen LogP contribution in [0.1, 0.15) is 22.3 Å². The van der Waals surface area contributed by atoms with E-state index in [1.54, 1.807) is 25.3 Å². The zero-order valence-electron chi connectivity index (χ0n) is 18.9. The number of carbonyl (C=O) groups excluding carboxylic acids is 3. The fraction of sp³-hybridized carbons (Fsp3) is 0.160. The van der Waals surface area contributed by atoms with Crippen molar-refractivity contribution >= 4 is 34.8 Å². The second-order valence-electron chi connectivity index (χ2n) is 7.34. The summed E-state index contributed by atoms with van der Waals surface area (Å²) in [6.45, 7) is -0.662. The van der Waals surface area contributed by atoms with Crippen LogP contribution in [0.5, 0.6) is 5.75 Å². The summed E-state index contributed by atoms with van der Waals surface area (Å²) in [4.78, 5) is 47.6. The maximum Gasteiger partial charge on any atom is 0.340 e. The minimum atomic E-state index is -0.825. The van der Waals surface area contributed by atoms with E-state index in [4.69, 9.17) is 9.47 Å². The number of esters is 1. The van der Waals surface area contributed by atoms with Crippen LogP contribution in [0.3, 0.4) is 0 Å². The summed E-state index contributed by atoms with van der Waals surface area (Å²) in [5.74, 6) is -1.14. The van der Waals surface area contributed by atoms with Crippen molar-refractivity contribution in [3.8, 4) is 5.75 Å². The molecule has 0 spiro atoms. The van der Waals surface area contributed by atoms with Crippen molar-refractivity contribution in [1.82, 2.24) is 0 Å². The van der Waals surface area contributed by atoms with E-state index in [-0.39, 0.29) is 35.0 Å². The van der Waals surface area contributed by atoms with Gasteiger partial charge in [-0.2, -0.15) is 0 Å². The number of hydrogen-bond acceptors (Lipinski definition) is 7. The Morgan fingerprint density at radius 2 is 1.49 bits per heavy atom. The van der Waals surface area contributed by atoms with Gasteiger partial charge in [-0.25, -0.2) is 4.79 Å². The molecule has 0 radical (unpaired) electrons. The first-order valence-corrected chi connectivity index (χ1v) is 10.6. The van der Waals surface area contributed by atoms with E-state index in [1.165, 1.54) is 30.3 Å². The Kier molecular flexibility index (Phi) is 8.49. The lowest BCUT2D eigenvalue weighted by Crippen LogP contribution is -2.22. The number of benzene rings is 3. The average molecular weight is 477 g/mol. The number of nitrogens with zero attached hydrogens (tertiary/aromatic N) is 1. The lowest BCUT2D eigenvalue weighted by atomic mass is 10.1. The van der Waals surface area contributed by atoms with E-state index in [0.717, 1.165) is 11.3 Å². The highest BCUT2D eigenvalue weighted by atomic mass is 16.6. The van der Waals surface area contributed by atoms with Gasteiger partial charge in [-0.1, -0.05) is 36.4 Å². The van der Waals surface area contributed by atoms with Crippen LogP contribution >= 0.6 is 0 Å². The number of anilines is 2. The molecular formula is C25H23N3O7. The van der Waals surface area contributed by atoms with Crippen LogP contribution in [0.25, 0.3) is 0 Å². The van der Waals surface area contributed by atoms with Gasteiger partial charge in [0.15, 0.2) is 6.61 Å². The molecule has 180 valence electrons. The number of nitrogens with one attached hydrogen (secondary N) is 2. The van der Waals surface area contributed by atoms with Crippen LogP contribution in [-0.4, -0.2) is 36.4 Å². The van der Waals surface area contributed by atoms with Gasteiger partial charge in [0, 0.05) is 12.5 Å². The molecule has 0 saturated heterocycles. The molecule has 2 N–H and O–H groups in total. The molecule has 0 unspecified atom stereocenters. The van der Waals surface area contributed by atoms with Crippen LogP contribution in [0.4, 0.5) is 17.1 Å². The van der Waals surface area contributed by atoms with Crippen LogP contribution in [-0.2, 0) is 20.7 Å². The second-order valence-corrected chi connectivity index (χ2v) is 7.34. The lowest BCUT2D eigenvalue weighted by molar-refractivity contribution is -0.383. The fourth-order valence-electron chi connectivity index (χ4n) is 3.17. The lowest BCUT2D eigenvalue weighted by Gasteiger charge is -2.11. The number of hydrogen-bond donors (Lipinski definition) is 2. The molecule has 3 aromatic rings. The van der Waals surface area contributed by atoms with E-state index in [1.807, 2.05) is 24.3 Å². The van der Waals surface area contributed by atoms with Crippen LogP contribution < -0.4 is 15.4 Å². The van der Waals surface area contributed by atoms with Gasteiger partial charge in [-0.15, -0.1) is 0 Å². The largest absolute Gasteiger partial charge is 0.497 e.